The van der Waals surface area contributed by atoms with Crippen molar-refractivity contribution < 1.29 is 4.79 Å². The molecule has 0 aliphatic heterocycles. The topological polar surface area (TPSA) is 82.0 Å². The maximum absolute atomic E-state index is 10.3. The van der Waals surface area contributed by atoms with Gasteiger partial charge in [0, 0.05) is 17.5 Å². The first-order valence-corrected chi connectivity index (χ1v) is 4.16. The van der Waals surface area contributed by atoms with Gasteiger partial charge in [0.2, 0.25) is 5.91 Å². The van der Waals surface area contributed by atoms with E-state index in [1.807, 2.05) is 0 Å². The Morgan fingerprint density at radius 3 is 3.00 bits per heavy atom. The van der Waals surface area contributed by atoms with E-state index in [9.17, 15) is 4.79 Å². The van der Waals surface area contributed by atoms with Crippen LogP contribution in [0.4, 0.5) is 5.13 Å². The first kappa shape index (κ1) is 8.73. The number of thiazole rings is 1. The summed E-state index contributed by atoms with van der Waals surface area (Å²) in [6, 6.07) is 0. The van der Waals surface area contributed by atoms with E-state index in [-0.39, 0.29) is 12.3 Å². The van der Waals surface area contributed by atoms with E-state index in [2.05, 4.69) is 4.98 Å². The zero-order chi connectivity index (χ0) is 8.97. The van der Waals surface area contributed by atoms with Gasteiger partial charge in [-0.2, -0.15) is 0 Å². The molecule has 1 amide bonds. The van der Waals surface area contributed by atoms with E-state index in [0.717, 1.165) is 4.88 Å². The molecule has 1 aromatic heterocycles. The summed E-state index contributed by atoms with van der Waals surface area (Å²) >= 11 is 1.37. The highest BCUT2D eigenvalue weighted by Gasteiger charge is 1.93. The third-order valence-corrected chi connectivity index (χ3v) is 1.93. The molecule has 0 aliphatic carbocycles. The third kappa shape index (κ3) is 2.71. The molecule has 0 atom stereocenters. The van der Waals surface area contributed by atoms with Crippen molar-refractivity contribution in [3.8, 4) is 0 Å². The van der Waals surface area contributed by atoms with Crippen LogP contribution in [0.15, 0.2) is 12.3 Å². The molecule has 0 bridgehead atoms. The number of nitrogen functional groups attached to an aromatic ring is 1. The van der Waals surface area contributed by atoms with Crippen molar-refractivity contribution >= 4 is 28.5 Å². The quantitative estimate of drug-likeness (QED) is 0.720. The number of nitrogens with zero attached hydrogens (tertiary/aromatic N) is 1. The number of hydrogen-bond acceptors (Lipinski definition) is 4. The second-order valence-corrected chi connectivity index (χ2v) is 3.27. The highest BCUT2D eigenvalue weighted by Crippen LogP contribution is 2.15. The van der Waals surface area contributed by atoms with Crippen molar-refractivity contribution in [2.45, 2.75) is 6.42 Å². The van der Waals surface area contributed by atoms with Gasteiger partial charge in [0.05, 0.1) is 0 Å². The Balaban J connectivity index is 2.52. The van der Waals surface area contributed by atoms with Gasteiger partial charge in [0.25, 0.3) is 0 Å². The summed E-state index contributed by atoms with van der Waals surface area (Å²) in [5, 5.41) is 0.522. The van der Waals surface area contributed by atoms with Gasteiger partial charge >= 0.3 is 0 Å². The SMILES string of the molecule is NC(=O)CC=Cc1cnc(N)s1. The molecule has 0 fully saturated rings. The van der Waals surface area contributed by atoms with Crippen LogP contribution in [0.1, 0.15) is 11.3 Å². The number of nitrogens with two attached hydrogens (primary N) is 2. The minimum absolute atomic E-state index is 0.248. The van der Waals surface area contributed by atoms with Gasteiger partial charge in [-0.1, -0.05) is 17.4 Å². The number of anilines is 1. The lowest BCUT2D eigenvalue weighted by molar-refractivity contribution is -0.117. The first-order chi connectivity index (χ1) is 5.68. The lowest BCUT2D eigenvalue weighted by Gasteiger charge is -1.83. The van der Waals surface area contributed by atoms with E-state index in [1.165, 1.54) is 11.3 Å². The second-order valence-electron chi connectivity index (χ2n) is 2.17. The molecule has 0 saturated heterocycles. The molecule has 0 aliphatic rings. The summed E-state index contributed by atoms with van der Waals surface area (Å²) < 4.78 is 0. The van der Waals surface area contributed by atoms with Crippen molar-refractivity contribution in [2.24, 2.45) is 5.73 Å². The molecule has 0 aromatic carbocycles. The Kier molecular flexibility index (Phi) is 2.82. The number of primary amides is 1. The molecule has 0 saturated carbocycles. The zero-order valence-corrected chi connectivity index (χ0v) is 7.17. The van der Waals surface area contributed by atoms with Crippen molar-refractivity contribution in [1.82, 2.24) is 4.98 Å². The fourth-order valence-corrected chi connectivity index (χ4v) is 1.29. The summed E-state index contributed by atoms with van der Waals surface area (Å²) in [6.45, 7) is 0. The van der Waals surface area contributed by atoms with Gasteiger partial charge < -0.3 is 11.5 Å². The van der Waals surface area contributed by atoms with E-state index in [4.69, 9.17) is 11.5 Å². The minimum atomic E-state index is -0.344. The van der Waals surface area contributed by atoms with Crippen LogP contribution < -0.4 is 11.5 Å². The van der Waals surface area contributed by atoms with Crippen LogP contribution in [-0.4, -0.2) is 10.9 Å². The van der Waals surface area contributed by atoms with E-state index in [0.29, 0.717) is 5.13 Å². The van der Waals surface area contributed by atoms with Gasteiger partial charge in [0.15, 0.2) is 5.13 Å². The Morgan fingerprint density at radius 2 is 2.50 bits per heavy atom. The van der Waals surface area contributed by atoms with Gasteiger partial charge in [0.1, 0.15) is 0 Å². The number of hydrogen-bond donors (Lipinski definition) is 2. The van der Waals surface area contributed by atoms with Gasteiger partial charge in [-0.25, -0.2) is 4.98 Å². The van der Waals surface area contributed by atoms with Crippen LogP contribution in [0, 0.1) is 0 Å². The smallest absolute Gasteiger partial charge is 0.221 e. The van der Waals surface area contributed by atoms with Crippen LogP contribution in [-0.2, 0) is 4.79 Å². The molecule has 64 valence electrons. The predicted molar refractivity (Wildman–Crippen MR) is 49.4 cm³/mol. The third-order valence-electron chi connectivity index (χ3n) is 1.14. The summed E-state index contributed by atoms with van der Waals surface area (Å²) in [5.41, 5.74) is 10.3. The molecule has 5 heteroatoms. The summed E-state index contributed by atoms with van der Waals surface area (Å²) in [5.74, 6) is -0.344. The molecule has 1 aromatic rings. The average Bonchev–Trinajstić information content (AvgIpc) is 2.35. The van der Waals surface area contributed by atoms with Crippen molar-refractivity contribution in [2.75, 3.05) is 5.73 Å². The van der Waals surface area contributed by atoms with Crippen LogP contribution >= 0.6 is 11.3 Å². The Morgan fingerprint density at radius 1 is 1.75 bits per heavy atom. The molecule has 1 heterocycles. The molecule has 0 unspecified atom stereocenters. The minimum Gasteiger partial charge on any atom is -0.375 e. The fourth-order valence-electron chi connectivity index (χ4n) is 0.669. The van der Waals surface area contributed by atoms with E-state index in [1.54, 1.807) is 18.3 Å². The number of aromatic nitrogens is 1. The standard InChI is InChI=1S/C7H9N3OS/c8-6(11)3-1-2-5-4-10-7(9)12-5/h1-2,4H,3H2,(H2,8,11)(H2,9,10). The molecule has 4 nitrogen and oxygen atoms in total. The molecular formula is C7H9N3OS. The monoisotopic (exact) mass is 183 g/mol. The lowest BCUT2D eigenvalue weighted by Crippen LogP contribution is -2.07. The molecule has 12 heavy (non-hydrogen) atoms. The van der Waals surface area contributed by atoms with Crippen molar-refractivity contribution in [3.63, 3.8) is 0 Å². The Bertz CT molecular complexity index is 305. The van der Waals surface area contributed by atoms with Gasteiger partial charge in [-0.05, 0) is 6.08 Å². The van der Waals surface area contributed by atoms with Crippen LogP contribution in [0.5, 0.6) is 0 Å². The predicted octanol–water partition coefficient (Wildman–Crippen LogP) is 0.614. The van der Waals surface area contributed by atoms with E-state index < -0.39 is 0 Å². The van der Waals surface area contributed by atoms with E-state index >= 15 is 0 Å². The summed E-state index contributed by atoms with van der Waals surface area (Å²) in [4.78, 5) is 15.1. The number of amides is 1. The van der Waals surface area contributed by atoms with Crippen LogP contribution in [0.2, 0.25) is 0 Å². The molecule has 4 N–H and O–H groups in total. The molecular weight excluding hydrogens is 174 g/mol. The molecule has 1 rings (SSSR count). The summed E-state index contributed by atoms with van der Waals surface area (Å²) in [7, 11) is 0. The van der Waals surface area contributed by atoms with Crippen molar-refractivity contribution in [1.29, 1.82) is 0 Å². The van der Waals surface area contributed by atoms with Crippen molar-refractivity contribution in [3.05, 3.63) is 17.2 Å². The second kappa shape index (κ2) is 3.87. The highest BCUT2D eigenvalue weighted by atomic mass is 32.1. The highest BCUT2D eigenvalue weighted by molar-refractivity contribution is 7.16. The number of carbonyl (C=O) groups excluding carboxylic acids is 1. The normalized spacial score (nSPS) is 10.7. The maximum atomic E-state index is 10.3. The molecule has 0 spiro atoms. The largest absolute Gasteiger partial charge is 0.375 e. The Labute approximate surface area is 73.9 Å². The van der Waals surface area contributed by atoms with Gasteiger partial charge in [-0.15, -0.1) is 0 Å². The first-order valence-electron chi connectivity index (χ1n) is 3.34. The average molecular weight is 183 g/mol. The zero-order valence-electron chi connectivity index (χ0n) is 6.36. The van der Waals surface area contributed by atoms with Crippen LogP contribution in [0.3, 0.4) is 0 Å². The lowest BCUT2D eigenvalue weighted by atomic mass is 10.3. The number of rotatable bonds is 3. The molecule has 0 radical (unpaired) electrons. The maximum Gasteiger partial charge on any atom is 0.221 e. The fraction of sp³-hybridized carbons (Fsp3) is 0.143. The number of carbonyl (C=O) groups is 1. The Hall–Kier alpha value is -1.36. The van der Waals surface area contributed by atoms with Crippen LogP contribution in [0.25, 0.3) is 6.08 Å². The summed E-state index contributed by atoms with van der Waals surface area (Å²) in [6.07, 6.45) is 5.36. The van der Waals surface area contributed by atoms with Gasteiger partial charge in [-0.3, -0.25) is 4.79 Å².